The lowest BCUT2D eigenvalue weighted by Crippen LogP contribution is -2.05. The summed E-state index contributed by atoms with van der Waals surface area (Å²) in [7, 11) is 0. The van der Waals surface area contributed by atoms with E-state index in [2.05, 4.69) is 15.3 Å². The predicted octanol–water partition coefficient (Wildman–Crippen LogP) is 2.83. The normalized spacial score (nSPS) is 11.0. The molecule has 0 spiro atoms. The number of carboxylic acids is 1. The second-order valence-corrected chi connectivity index (χ2v) is 6.71. The number of rotatable bonds is 4. The van der Waals surface area contributed by atoms with Crippen molar-refractivity contribution in [3.63, 3.8) is 0 Å². The number of nitrogens with zero attached hydrogens (tertiary/aromatic N) is 4. The van der Waals surface area contributed by atoms with E-state index < -0.39 is 5.97 Å². The molecule has 0 fully saturated rings. The first-order valence-corrected chi connectivity index (χ1v) is 7.89. The summed E-state index contributed by atoms with van der Waals surface area (Å²) in [5.74, 6) is -1.07. The maximum atomic E-state index is 11.3. The maximum absolute atomic E-state index is 11.3. The third-order valence-electron chi connectivity index (χ3n) is 3.05. The highest BCUT2D eigenvalue weighted by atomic mass is 32.1. The number of hydrogen-bond donors (Lipinski definition) is 1. The Bertz CT molecular complexity index is 770. The second kappa shape index (κ2) is 5.38. The first-order chi connectivity index (χ1) is 10.1. The Kier molecular flexibility index (Phi) is 3.56. The Balaban J connectivity index is 2.04. The third-order valence-corrected chi connectivity index (χ3v) is 4.98. The van der Waals surface area contributed by atoms with Crippen molar-refractivity contribution in [2.45, 2.75) is 20.4 Å². The second-order valence-electron chi connectivity index (χ2n) is 4.48. The van der Waals surface area contributed by atoms with Gasteiger partial charge in [0.1, 0.15) is 10.7 Å². The number of aryl methyl sites for hydroxylation is 2. The molecule has 21 heavy (non-hydrogen) atoms. The predicted molar refractivity (Wildman–Crippen MR) is 81.0 cm³/mol. The monoisotopic (exact) mass is 320 g/mol. The van der Waals surface area contributed by atoms with Crippen LogP contribution >= 0.6 is 22.7 Å². The van der Waals surface area contributed by atoms with E-state index in [1.807, 2.05) is 31.4 Å². The molecule has 0 saturated heterocycles. The molecule has 0 atom stereocenters. The number of thiophene rings is 1. The molecule has 0 unspecified atom stereocenters. The van der Waals surface area contributed by atoms with Gasteiger partial charge >= 0.3 is 5.97 Å². The van der Waals surface area contributed by atoms with Crippen molar-refractivity contribution >= 4 is 28.6 Å². The highest BCUT2D eigenvalue weighted by molar-refractivity contribution is 7.13. The minimum Gasteiger partial charge on any atom is -0.476 e. The van der Waals surface area contributed by atoms with Gasteiger partial charge in [-0.3, -0.25) is 0 Å². The summed E-state index contributed by atoms with van der Waals surface area (Å²) in [5.41, 5.74) is 1.50. The first-order valence-electron chi connectivity index (χ1n) is 6.20. The smallest absolute Gasteiger partial charge is 0.358 e. The summed E-state index contributed by atoms with van der Waals surface area (Å²) < 4.78 is 1.60. The van der Waals surface area contributed by atoms with E-state index in [9.17, 15) is 9.90 Å². The van der Waals surface area contributed by atoms with Crippen LogP contribution in [0, 0.1) is 13.8 Å². The number of carboxylic acid groups (broad SMARTS) is 1. The topological polar surface area (TPSA) is 80.9 Å². The summed E-state index contributed by atoms with van der Waals surface area (Å²) in [6.45, 7) is 4.40. The summed E-state index contributed by atoms with van der Waals surface area (Å²) in [6.07, 6.45) is 0. The molecule has 3 heterocycles. The summed E-state index contributed by atoms with van der Waals surface area (Å²) in [6, 6.07) is 3.74. The lowest BCUT2D eigenvalue weighted by Gasteiger charge is -2.03. The van der Waals surface area contributed by atoms with Gasteiger partial charge in [-0.05, 0) is 25.3 Å². The fourth-order valence-electron chi connectivity index (χ4n) is 1.96. The molecule has 0 aliphatic heterocycles. The number of aromatic carboxylic acids is 1. The van der Waals surface area contributed by atoms with E-state index in [1.165, 1.54) is 11.3 Å². The average molecular weight is 320 g/mol. The lowest BCUT2D eigenvalue weighted by molar-refractivity contribution is 0.0691. The van der Waals surface area contributed by atoms with Crippen LogP contribution in [-0.4, -0.2) is 31.1 Å². The fourth-order valence-corrected chi connectivity index (χ4v) is 3.65. The molecule has 1 N–H and O–H groups in total. The van der Waals surface area contributed by atoms with Crippen LogP contribution in [-0.2, 0) is 6.54 Å². The number of carbonyl (C=O) groups is 1. The first kappa shape index (κ1) is 13.9. The molecule has 0 amide bonds. The van der Waals surface area contributed by atoms with Crippen LogP contribution in [0.2, 0.25) is 0 Å². The van der Waals surface area contributed by atoms with Crippen LogP contribution in [0.3, 0.4) is 0 Å². The van der Waals surface area contributed by atoms with Gasteiger partial charge in [0.15, 0.2) is 5.69 Å². The van der Waals surface area contributed by atoms with Crippen molar-refractivity contribution in [2.75, 3.05) is 0 Å². The molecule has 3 aromatic rings. The Morgan fingerprint density at radius 2 is 2.24 bits per heavy atom. The van der Waals surface area contributed by atoms with Gasteiger partial charge in [-0.2, -0.15) is 0 Å². The van der Waals surface area contributed by atoms with E-state index in [1.54, 1.807) is 16.0 Å². The fraction of sp³-hybridized carbons (Fsp3) is 0.231. The number of hydrogen-bond acceptors (Lipinski definition) is 6. The molecule has 108 valence electrons. The molecular formula is C13H12N4O2S2. The Hall–Kier alpha value is -2.06. The molecule has 3 aromatic heterocycles. The molecular weight excluding hydrogens is 308 g/mol. The van der Waals surface area contributed by atoms with Crippen LogP contribution in [0.1, 0.15) is 26.1 Å². The van der Waals surface area contributed by atoms with Crippen LogP contribution < -0.4 is 0 Å². The quantitative estimate of drug-likeness (QED) is 0.799. The SMILES string of the molecule is Cc1nc(Cn2nnc(C(=O)O)c2-c2cccs2)sc1C. The average Bonchev–Trinajstić information content (AvgIpc) is 3.11. The van der Waals surface area contributed by atoms with Crippen LogP contribution in [0.4, 0.5) is 0 Å². The van der Waals surface area contributed by atoms with E-state index in [0.717, 1.165) is 20.5 Å². The molecule has 8 heteroatoms. The van der Waals surface area contributed by atoms with E-state index in [-0.39, 0.29) is 5.69 Å². The zero-order chi connectivity index (χ0) is 15.0. The van der Waals surface area contributed by atoms with Crippen LogP contribution in [0.5, 0.6) is 0 Å². The molecule has 3 rings (SSSR count). The van der Waals surface area contributed by atoms with Crippen LogP contribution in [0.15, 0.2) is 17.5 Å². The lowest BCUT2D eigenvalue weighted by atomic mass is 10.2. The molecule has 0 bridgehead atoms. The van der Waals surface area contributed by atoms with E-state index >= 15 is 0 Å². The van der Waals surface area contributed by atoms with Crippen molar-refractivity contribution in [1.82, 2.24) is 20.0 Å². The van der Waals surface area contributed by atoms with Crippen molar-refractivity contribution < 1.29 is 9.90 Å². The standard InChI is InChI=1S/C13H12N4O2S2/c1-7-8(2)21-10(14-7)6-17-12(9-4-3-5-20-9)11(13(18)19)15-16-17/h3-5H,6H2,1-2H3,(H,18,19). The zero-order valence-corrected chi connectivity index (χ0v) is 13.0. The van der Waals surface area contributed by atoms with Gasteiger partial charge < -0.3 is 5.11 Å². The van der Waals surface area contributed by atoms with Crippen LogP contribution in [0.25, 0.3) is 10.6 Å². The molecule has 0 aliphatic rings. The Morgan fingerprint density at radius 3 is 2.81 bits per heavy atom. The molecule has 0 radical (unpaired) electrons. The molecule has 0 saturated carbocycles. The number of aromatic nitrogens is 4. The Morgan fingerprint density at radius 1 is 1.43 bits per heavy atom. The van der Waals surface area contributed by atoms with Gasteiger partial charge in [-0.1, -0.05) is 11.3 Å². The van der Waals surface area contributed by atoms with Gasteiger partial charge in [0.25, 0.3) is 0 Å². The molecule has 0 aliphatic carbocycles. The van der Waals surface area contributed by atoms with Crippen molar-refractivity contribution in [1.29, 1.82) is 0 Å². The van der Waals surface area contributed by atoms with Gasteiger partial charge in [-0.25, -0.2) is 14.5 Å². The summed E-state index contributed by atoms with van der Waals surface area (Å²) in [5, 5.41) is 19.8. The summed E-state index contributed by atoms with van der Waals surface area (Å²) in [4.78, 5) is 17.8. The Labute approximate surface area is 128 Å². The van der Waals surface area contributed by atoms with Crippen molar-refractivity contribution in [3.05, 3.63) is 38.8 Å². The minimum atomic E-state index is -1.07. The summed E-state index contributed by atoms with van der Waals surface area (Å²) >= 11 is 3.05. The van der Waals surface area contributed by atoms with E-state index in [4.69, 9.17) is 0 Å². The van der Waals surface area contributed by atoms with E-state index in [0.29, 0.717) is 12.2 Å². The van der Waals surface area contributed by atoms with Gasteiger partial charge in [0.05, 0.1) is 17.1 Å². The zero-order valence-electron chi connectivity index (χ0n) is 11.4. The highest BCUT2D eigenvalue weighted by Crippen LogP contribution is 2.28. The highest BCUT2D eigenvalue weighted by Gasteiger charge is 2.22. The molecule has 0 aromatic carbocycles. The largest absolute Gasteiger partial charge is 0.476 e. The minimum absolute atomic E-state index is 0.0255. The van der Waals surface area contributed by atoms with Gasteiger partial charge in [-0.15, -0.1) is 27.8 Å². The van der Waals surface area contributed by atoms with Crippen molar-refractivity contribution in [2.24, 2.45) is 0 Å². The third kappa shape index (κ3) is 2.59. The van der Waals surface area contributed by atoms with Crippen molar-refractivity contribution in [3.8, 4) is 10.6 Å². The van der Waals surface area contributed by atoms with Gasteiger partial charge in [0, 0.05) is 4.88 Å². The molecule has 6 nitrogen and oxygen atoms in total. The number of thiazole rings is 1. The van der Waals surface area contributed by atoms with Gasteiger partial charge in [0.2, 0.25) is 0 Å². The maximum Gasteiger partial charge on any atom is 0.358 e.